The molecule has 2 aliphatic heterocycles. The van der Waals surface area contributed by atoms with Crippen LogP contribution in [0.15, 0.2) is 34.3 Å². The first kappa shape index (κ1) is 43.0. The highest BCUT2D eigenvalue weighted by molar-refractivity contribution is 5.87. The van der Waals surface area contributed by atoms with E-state index in [0.717, 1.165) is 47.9 Å². The number of rotatable bonds is 5. The molecule has 6 unspecified atom stereocenters. The molecule has 8 heteroatoms. The van der Waals surface area contributed by atoms with E-state index in [2.05, 4.69) is 127 Å². The van der Waals surface area contributed by atoms with Gasteiger partial charge in [0, 0.05) is 80.6 Å². The Labute approximate surface area is 347 Å². The molecule has 4 bridgehead atoms. The maximum absolute atomic E-state index is 12.9. The van der Waals surface area contributed by atoms with E-state index in [1.165, 1.54) is 0 Å². The molecule has 6 rings (SSSR count). The lowest BCUT2D eigenvalue weighted by molar-refractivity contribution is -0.144. The molecule has 310 valence electrons. The van der Waals surface area contributed by atoms with Crippen molar-refractivity contribution in [2.75, 3.05) is 26.2 Å². The summed E-state index contributed by atoms with van der Waals surface area (Å²) in [6.07, 6.45) is 8.39. The molecule has 4 fully saturated rings. The molecule has 2 saturated heterocycles. The van der Waals surface area contributed by atoms with Crippen LogP contribution in [0, 0.1) is 56.2 Å². The number of piperidine rings is 2. The Hall–Kier alpha value is -4.56. The highest BCUT2D eigenvalue weighted by Gasteiger charge is 2.56. The summed E-state index contributed by atoms with van der Waals surface area (Å²) in [4.78, 5) is 35.1. The molecule has 0 spiro atoms. The lowest BCUT2D eigenvalue weighted by Crippen LogP contribution is -2.58. The van der Waals surface area contributed by atoms with Crippen molar-refractivity contribution in [2.24, 2.45) is 42.5 Å². The monoisotopic (exact) mass is 787 g/mol. The molecular formula is C50H66N4O4. The molecule has 2 amide bonds. The van der Waals surface area contributed by atoms with Crippen molar-refractivity contribution in [3.63, 3.8) is 0 Å². The van der Waals surface area contributed by atoms with Crippen LogP contribution in [0.2, 0.25) is 0 Å². The molecule has 58 heavy (non-hydrogen) atoms. The van der Waals surface area contributed by atoms with Gasteiger partial charge in [0.1, 0.15) is 11.5 Å². The number of fused-ring (bicyclic) bond motifs is 4. The summed E-state index contributed by atoms with van der Waals surface area (Å²) in [6, 6.07) is 7.73. The minimum atomic E-state index is -0.434. The first-order valence-electron chi connectivity index (χ1n) is 21.0. The molecule has 6 atom stereocenters. The van der Waals surface area contributed by atoms with Gasteiger partial charge in [-0.2, -0.15) is 0 Å². The molecule has 2 heterocycles. The van der Waals surface area contributed by atoms with Crippen LogP contribution < -0.4 is 10.6 Å². The lowest BCUT2D eigenvalue weighted by Gasteiger charge is -2.53. The summed E-state index contributed by atoms with van der Waals surface area (Å²) >= 11 is 0. The highest BCUT2D eigenvalue weighted by atomic mass is 16.3. The zero-order valence-electron chi connectivity index (χ0n) is 37.1. The van der Waals surface area contributed by atoms with Gasteiger partial charge in [0.05, 0.1) is 13.1 Å². The average molecular weight is 787 g/mol. The molecule has 0 aromatic heterocycles. The number of aliphatic imine (C=N–C) groups is 2. The minimum absolute atomic E-state index is 0.00632. The number of hydrogen-bond donors (Lipinski definition) is 4. The Kier molecular flexibility index (Phi) is 10.8. The smallest absolute Gasteiger partial charge is 0.226 e. The summed E-state index contributed by atoms with van der Waals surface area (Å²) < 4.78 is 0. The number of phenolic OH excluding ortho intramolecular Hbond substituents is 2. The van der Waals surface area contributed by atoms with Gasteiger partial charge >= 0.3 is 0 Å². The molecule has 4 aliphatic rings. The van der Waals surface area contributed by atoms with E-state index < -0.39 is 10.8 Å². The zero-order chi connectivity index (χ0) is 42.7. The van der Waals surface area contributed by atoms with Gasteiger partial charge in [0.15, 0.2) is 0 Å². The van der Waals surface area contributed by atoms with Gasteiger partial charge in [-0.3, -0.25) is 19.6 Å². The standard InChI is InChI=1S/C50H66N4O4/c1-43(2,3)37-21-33(13-15-45(7)25-47(9)29-49(11,27-45)41(57)53-31-47)19-35(39(37)55)23-51-17-18-52-24-36-20-34(22-38(40(36)56)44(4,5)6)14-16-46(8)26-48(10)30-50(12,28-46)42(58)54-32-48/h19-24,55-56H,17-18,25-32H2,1-12H3,(H,53,57)(H,54,58). The second-order valence-corrected chi connectivity index (χ2v) is 22.3. The summed E-state index contributed by atoms with van der Waals surface area (Å²) in [5.74, 6) is 14.7. The van der Waals surface area contributed by atoms with Crippen molar-refractivity contribution in [1.29, 1.82) is 0 Å². The second kappa shape index (κ2) is 14.6. The van der Waals surface area contributed by atoms with Crippen molar-refractivity contribution in [3.05, 3.63) is 57.6 Å². The van der Waals surface area contributed by atoms with Gasteiger partial charge in [0.2, 0.25) is 11.8 Å². The first-order chi connectivity index (χ1) is 26.7. The number of benzene rings is 2. The van der Waals surface area contributed by atoms with Crippen LogP contribution in [-0.4, -0.2) is 60.6 Å². The van der Waals surface area contributed by atoms with Crippen molar-refractivity contribution < 1.29 is 19.8 Å². The fourth-order valence-corrected chi connectivity index (χ4v) is 11.3. The van der Waals surface area contributed by atoms with Crippen molar-refractivity contribution >= 4 is 24.2 Å². The molecule has 0 radical (unpaired) electrons. The van der Waals surface area contributed by atoms with Gasteiger partial charge in [-0.05, 0) is 98.3 Å². The summed E-state index contributed by atoms with van der Waals surface area (Å²) in [5, 5.41) is 29.0. The topological polar surface area (TPSA) is 123 Å². The van der Waals surface area contributed by atoms with Crippen molar-refractivity contribution in [3.8, 4) is 35.2 Å². The third-order valence-corrected chi connectivity index (χ3v) is 13.0. The summed E-state index contributed by atoms with van der Waals surface area (Å²) in [6.45, 7) is 27.5. The van der Waals surface area contributed by atoms with Crippen LogP contribution in [0.5, 0.6) is 11.5 Å². The molecule has 4 N–H and O–H groups in total. The molecule has 2 aromatic carbocycles. The van der Waals surface area contributed by atoms with E-state index in [1.54, 1.807) is 12.4 Å². The van der Waals surface area contributed by atoms with Crippen LogP contribution in [0.4, 0.5) is 0 Å². The number of carbonyl (C=O) groups is 2. The van der Waals surface area contributed by atoms with E-state index in [9.17, 15) is 19.8 Å². The fourth-order valence-electron chi connectivity index (χ4n) is 11.3. The Balaban J connectivity index is 1.20. The first-order valence-corrected chi connectivity index (χ1v) is 21.0. The van der Waals surface area contributed by atoms with Gasteiger partial charge in [-0.15, -0.1) is 0 Å². The molecule has 8 nitrogen and oxygen atoms in total. The van der Waals surface area contributed by atoms with Crippen LogP contribution in [0.3, 0.4) is 0 Å². The maximum atomic E-state index is 12.9. The van der Waals surface area contributed by atoms with Gasteiger partial charge < -0.3 is 20.8 Å². The number of carbonyl (C=O) groups excluding carboxylic acids is 2. The third kappa shape index (κ3) is 9.02. The Morgan fingerprint density at radius 3 is 1.31 bits per heavy atom. The number of amides is 2. The highest BCUT2D eigenvalue weighted by Crippen LogP contribution is 2.57. The van der Waals surface area contributed by atoms with Crippen LogP contribution in [0.1, 0.15) is 155 Å². The number of phenols is 2. The number of nitrogens with one attached hydrogen (secondary N) is 2. The molecular weight excluding hydrogens is 721 g/mol. The summed E-state index contributed by atoms with van der Waals surface area (Å²) in [5.41, 5.74) is 2.26. The van der Waals surface area contributed by atoms with E-state index >= 15 is 0 Å². The molecule has 2 aliphatic carbocycles. The molecule has 2 saturated carbocycles. The van der Waals surface area contributed by atoms with Gasteiger partial charge in [-0.1, -0.05) is 92.9 Å². The van der Waals surface area contributed by atoms with E-state index in [4.69, 9.17) is 0 Å². The zero-order valence-corrected chi connectivity index (χ0v) is 37.1. The molecule has 2 aromatic rings. The summed E-state index contributed by atoms with van der Waals surface area (Å²) in [7, 11) is 0. The van der Waals surface area contributed by atoms with Crippen LogP contribution in [0.25, 0.3) is 0 Å². The van der Waals surface area contributed by atoms with E-state index in [1.807, 2.05) is 24.3 Å². The maximum Gasteiger partial charge on any atom is 0.226 e. The van der Waals surface area contributed by atoms with E-state index in [0.29, 0.717) is 50.1 Å². The third-order valence-electron chi connectivity index (χ3n) is 13.0. The second-order valence-electron chi connectivity index (χ2n) is 22.3. The minimum Gasteiger partial charge on any atom is -0.507 e. The van der Waals surface area contributed by atoms with Crippen molar-refractivity contribution in [1.82, 2.24) is 10.6 Å². The Morgan fingerprint density at radius 2 is 0.966 bits per heavy atom. The normalized spacial score (nSPS) is 32.2. The number of hydrogen-bond acceptors (Lipinski definition) is 6. The average Bonchev–Trinajstić information content (AvgIpc) is 3.08. The quantitative estimate of drug-likeness (QED) is 0.138. The van der Waals surface area contributed by atoms with Gasteiger partial charge in [0.25, 0.3) is 0 Å². The Morgan fingerprint density at radius 1 is 0.603 bits per heavy atom. The Bertz CT molecular complexity index is 2050. The fraction of sp³-hybridized carbons (Fsp3) is 0.600. The predicted octanol–water partition coefficient (Wildman–Crippen LogP) is 8.60. The number of nitrogens with zero attached hydrogens (tertiary/aromatic N) is 2. The van der Waals surface area contributed by atoms with Gasteiger partial charge in [-0.25, -0.2) is 0 Å². The van der Waals surface area contributed by atoms with E-state index in [-0.39, 0.29) is 55.8 Å². The van der Waals surface area contributed by atoms with Crippen molar-refractivity contribution in [2.45, 2.75) is 132 Å². The largest absolute Gasteiger partial charge is 0.507 e. The van der Waals surface area contributed by atoms with Crippen LogP contribution in [-0.2, 0) is 20.4 Å². The predicted molar refractivity (Wildman–Crippen MR) is 235 cm³/mol. The van der Waals surface area contributed by atoms with Crippen LogP contribution >= 0.6 is 0 Å². The lowest BCUT2D eigenvalue weighted by atomic mass is 9.52. The number of aromatic hydroxyl groups is 2. The SMILES string of the molecule is CC1(C#Cc2cc(C=NCCN=Cc3cc(C#CC4(C)CC5(C)CNC(=O)C(C)(C4)C5)cc(C(C)(C)C)c3O)c(O)c(C(C)(C)C)c2)CC2(C)CNC(=O)C(C)(C1)C2.